The van der Waals surface area contributed by atoms with E-state index >= 15 is 0 Å². The lowest BCUT2D eigenvalue weighted by atomic mass is 10.1. The summed E-state index contributed by atoms with van der Waals surface area (Å²) in [6, 6.07) is 10.0. The van der Waals surface area contributed by atoms with Crippen molar-refractivity contribution >= 4 is 74.8 Å². The number of carbonyl (C=O) groups excluding carboxylic acids is 3. The van der Waals surface area contributed by atoms with E-state index in [2.05, 4.69) is 27.3 Å². The van der Waals surface area contributed by atoms with Crippen molar-refractivity contribution in [3.8, 4) is 11.5 Å². The van der Waals surface area contributed by atoms with Gasteiger partial charge in [0.1, 0.15) is 0 Å². The van der Waals surface area contributed by atoms with Crippen molar-refractivity contribution in [1.82, 2.24) is 0 Å². The minimum atomic E-state index is -0.517. The number of rotatable bonds is 7. The van der Waals surface area contributed by atoms with Gasteiger partial charge >= 0.3 is 5.97 Å². The molecule has 1 heterocycles. The number of nitrogens with zero attached hydrogens (tertiary/aromatic N) is 1. The smallest absolute Gasteiger partial charge is 0.343 e. The Hall–Kier alpha value is -2.24. The number of ether oxygens (including phenoxy) is 3. The normalized spacial score (nSPS) is 14.8. The quantitative estimate of drug-likeness (QED) is 0.258. The second kappa shape index (κ2) is 10.4. The molecule has 0 saturated carbocycles. The lowest BCUT2D eigenvalue weighted by Crippen LogP contribution is -2.27. The van der Waals surface area contributed by atoms with E-state index in [1.165, 1.54) is 7.11 Å². The highest BCUT2D eigenvalue weighted by Gasteiger charge is 2.36. The number of halogens is 2. The molecule has 0 bridgehead atoms. The number of esters is 1. The first-order valence-corrected chi connectivity index (χ1v) is 11.3. The molecule has 1 saturated heterocycles. The van der Waals surface area contributed by atoms with E-state index in [1.807, 2.05) is 6.92 Å². The van der Waals surface area contributed by atoms with Crippen LogP contribution in [0.2, 0.25) is 5.02 Å². The van der Waals surface area contributed by atoms with Crippen LogP contribution < -0.4 is 14.4 Å². The zero-order valence-corrected chi connectivity index (χ0v) is 20.2. The third-order valence-corrected chi connectivity index (χ3v) is 5.96. The molecular weight excluding hydrogens is 557 g/mol. The summed E-state index contributed by atoms with van der Waals surface area (Å²) < 4.78 is 16.5. The maximum Gasteiger partial charge on any atom is 0.343 e. The first kappa shape index (κ1) is 23.4. The SMILES string of the molecule is CCOc1cc(/C=C2/SC(=O)N(c3cccc(Cl)c3)C2=O)cc(I)c1OCC(=O)OC. The number of carbonyl (C=O) groups is 3. The highest BCUT2D eigenvalue weighted by atomic mass is 127. The number of hydrogen-bond acceptors (Lipinski definition) is 7. The fraction of sp³-hybridized carbons (Fsp3) is 0.190. The Labute approximate surface area is 201 Å². The van der Waals surface area contributed by atoms with Gasteiger partial charge in [-0.2, -0.15) is 0 Å². The molecule has 1 aliphatic heterocycles. The van der Waals surface area contributed by atoms with Crippen LogP contribution in [-0.4, -0.2) is 37.4 Å². The number of amides is 2. The lowest BCUT2D eigenvalue weighted by Gasteiger charge is -2.14. The second-order valence-corrected chi connectivity index (χ2v) is 8.72. The second-order valence-electron chi connectivity index (χ2n) is 6.12. The van der Waals surface area contributed by atoms with Crippen LogP contribution in [0, 0.1) is 3.57 Å². The van der Waals surface area contributed by atoms with Gasteiger partial charge in [-0.1, -0.05) is 17.7 Å². The Balaban J connectivity index is 1.91. The summed E-state index contributed by atoms with van der Waals surface area (Å²) in [7, 11) is 1.28. The summed E-state index contributed by atoms with van der Waals surface area (Å²) in [6.45, 7) is 1.93. The highest BCUT2D eigenvalue weighted by molar-refractivity contribution is 14.1. The molecule has 0 atom stereocenters. The molecule has 1 fully saturated rings. The Bertz CT molecular complexity index is 1070. The van der Waals surface area contributed by atoms with E-state index in [0.717, 1.165) is 16.7 Å². The highest BCUT2D eigenvalue weighted by Crippen LogP contribution is 2.39. The number of methoxy groups -OCH3 is 1. The van der Waals surface area contributed by atoms with Gasteiger partial charge in [-0.25, -0.2) is 9.69 Å². The van der Waals surface area contributed by atoms with Crippen LogP contribution in [0.1, 0.15) is 12.5 Å². The molecule has 2 aromatic carbocycles. The van der Waals surface area contributed by atoms with Gasteiger partial charge in [0, 0.05) is 5.02 Å². The molecule has 31 heavy (non-hydrogen) atoms. The number of hydrogen-bond donors (Lipinski definition) is 0. The minimum Gasteiger partial charge on any atom is -0.490 e. The third kappa shape index (κ3) is 5.52. The molecule has 0 unspecified atom stereocenters. The first-order chi connectivity index (χ1) is 14.8. The monoisotopic (exact) mass is 573 g/mol. The van der Waals surface area contributed by atoms with Crippen molar-refractivity contribution < 1.29 is 28.6 Å². The van der Waals surface area contributed by atoms with E-state index in [1.54, 1.807) is 42.5 Å². The molecule has 0 aliphatic carbocycles. The number of thioether (sulfide) groups is 1. The maximum absolute atomic E-state index is 12.9. The molecule has 3 rings (SSSR count). The largest absolute Gasteiger partial charge is 0.490 e. The summed E-state index contributed by atoms with van der Waals surface area (Å²) in [5, 5.41) is 0.0234. The van der Waals surface area contributed by atoms with E-state index in [-0.39, 0.29) is 11.5 Å². The molecule has 0 aromatic heterocycles. The van der Waals surface area contributed by atoms with Crippen LogP contribution in [0.4, 0.5) is 10.5 Å². The molecular formula is C21H17ClINO6S. The van der Waals surface area contributed by atoms with Crippen LogP contribution in [0.3, 0.4) is 0 Å². The maximum atomic E-state index is 12.9. The van der Waals surface area contributed by atoms with Gasteiger partial charge in [0.2, 0.25) is 0 Å². The Kier molecular flexibility index (Phi) is 7.84. The first-order valence-electron chi connectivity index (χ1n) is 9.03. The van der Waals surface area contributed by atoms with Crippen molar-refractivity contribution in [1.29, 1.82) is 0 Å². The third-order valence-electron chi connectivity index (χ3n) is 4.05. The summed E-state index contributed by atoms with van der Waals surface area (Å²) in [6.07, 6.45) is 1.62. The fourth-order valence-corrected chi connectivity index (χ4v) is 4.53. The minimum absolute atomic E-state index is 0.259. The lowest BCUT2D eigenvalue weighted by molar-refractivity contribution is -0.143. The molecule has 0 N–H and O–H groups in total. The average Bonchev–Trinajstić information content (AvgIpc) is 3.00. The van der Waals surface area contributed by atoms with Gasteiger partial charge in [-0.05, 0) is 83.2 Å². The predicted octanol–water partition coefficient (Wildman–Crippen LogP) is 5.14. The van der Waals surface area contributed by atoms with Gasteiger partial charge in [0.05, 0.1) is 27.9 Å². The van der Waals surface area contributed by atoms with E-state index in [4.69, 9.17) is 21.1 Å². The van der Waals surface area contributed by atoms with Crippen LogP contribution in [0.15, 0.2) is 41.3 Å². The molecule has 2 amide bonds. The van der Waals surface area contributed by atoms with Gasteiger partial charge in [-0.3, -0.25) is 9.59 Å². The van der Waals surface area contributed by atoms with E-state index in [0.29, 0.717) is 37.9 Å². The Morgan fingerprint density at radius 1 is 1.23 bits per heavy atom. The molecule has 10 heteroatoms. The Morgan fingerprint density at radius 3 is 2.68 bits per heavy atom. The Morgan fingerprint density at radius 2 is 2.00 bits per heavy atom. The van der Waals surface area contributed by atoms with Crippen molar-refractivity contribution in [2.75, 3.05) is 25.2 Å². The summed E-state index contributed by atoms with van der Waals surface area (Å²) in [5.74, 6) is -0.135. The average molecular weight is 574 g/mol. The fourth-order valence-electron chi connectivity index (χ4n) is 2.72. The van der Waals surface area contributed by atoms with Gasteiger partial charge in [0.15, 0.2) is 18.1 Å². The standard InChI is InChI=1S/C21H17ClINO6S/c1-3-29-16-8-12(7-15(23)19(16)30-11-18(25)28-2)9-17-20(26)24(21(27)31-17)14-6-4-5-13(22)10-14/h4-10H,3,11H2,1-2H3/b17-9+. The predicted molar refractivity (Wildman–Crippen MR) is 128 cm³/mol. The topological polar surface area (TPSA) is 82.1 Å². The summed E-state index contributed by atoms with van der Waals surface area (Å²) in [4.78, 5) is 38.1. The summed E-state index contributed by atoms with van der Waals surface area (Å²) >= 11 is 8.89. The van der Waals surface area contributed by atoms with E-state index < -0.39 is 17.1 Å². The number of imide groups is 1. The number of benzene rings is 2. The van der Waals surface area contributed by atoms with Gasteiger partial charge in [0.25, 0.3) is 11.1 Å². The molecule has 2 aromatic rings. The van der Waals surface area contributed by atoms with Crippen molar-refractivity contribution in [3.63, 3.8) is 0 Å². The van der Waals surface area contributed by atoms with Crippen molar-refractivity contribution in [3.05, 3.63) is 55.5 Å². The van der Waals surface area contributed by atoms with Gasteiger partial charge in [-0.15, -0.1) is 0 Å². The van der Waals surface area contributed by atoms with Gasteiger partial charge < -0.3 is 14.2 Å². The van der Waals surface area contributed by atoms with Crippen molar-refractivity contribution in [2.45, 2.75) is 6.92 Å². The molecule has 0 spiro atoms. The van der Waals surface area contributed by atoms with Crippen LogP contribution >= 0.6 is 46.0 Å². The molecule has 0 radical (unpaired) electrons. The number of anilines is 1. The molecule has 162 valence electrons. The molecule has 1 aliphatic rings. The van der Waals surface area contributed by atoms with Crippen LogP contribution in [0.25, 0.3) is 6.08 Å². The van der Waals surface area contributed by atoms with Crippen LogP contribution in [-0.2, 0) is 14.3 Å². The van der Waals surface area contributed by atoms with Crippen molar-refractivity contribution in [2.24, 2.45) is 0 Å². The summed E-state index contributed by atoms with van der Waals surface area (Å²) in [5.41, 5.74) is 1.06. The van der Waals surface area contributed by atoms with Crippen LogP contribution in [0.5, 0.6) is 11.5 Å². The van der Waals surface area contributed by atoms with E-state index in [9.17, 15) is 14.4 Å². The molecule has 7 nitrogen and oxygen atoms in total. The zero-order valence-electron chi connectivity index (χ0n) is 16.5. The zero-order chi connectivity index (χ0) is 22.5.